The number of para-hydroxylation sites is 1. The number of carbonyl (C=O) groups excluding carboxylic acids is 2. The average Bonchev–Trinajstić information content (AvgIpc) is 2.81. The van der Waals surface area contributed by atoms with Crippen LogP contribution in [0.1, 0.15) is 20.7 Å². The first-order valence-corrected chi connectivity index (χ1v) is 10.6. The number of aldehydes is 2. The number of piperazine rings is 2. The Hall–Kier alpha value is -2.61. The Morgan fingerprint density at radius 1 is 0.742 bits per heavy atom. The van der Waals surface area contributed by atoms with Gasteiger partial charge in [-0.3, -0.25) is 9.59 Å². The number of likely N-dealkylation sites (N-methyl/N-ethyl adjacent to an activating group) is 2. The zero-order valence-electron chi connectivity index (χ0n) is 18.5. The minimum Gasteiger partial charge on any atom is -0.368 e. The van der Waals surface area contributed by atoms with Crippen LogP contribution in [0.2, 0.25) is 0 Å². The summed E-state index contributed by atoms with van der Waals surface area (Å²) in [4.78, 5) is 27.8. The predicted molar refractivity (Wildman–Crippen MR) is 124 cm³/mol. The lowest BCUT2D eigenvalue weighted by molar-refractivity contribution is 0.111. The van der Waals surface area contributed by atoms with Crippen LogP contribution in [0.3, 0.4) is 0 Å². The van der Waals surface area contributed by atoms with E-state index in [9.17, 15) is 14.0 Å². The largest absolute Gasteiger partial charge is 0.368 e. The van der Waals surface area contributed by atoms with E-state index in [0.29, 0.717) is 6.29 Å². The van der Waals surface area contributed by atoms with E-state index in [4.69, 9.17) is 0 Å². The van der Waals surface area contributed by atoms with Gasteiger partial charge in [-0.15, -0.1) is 0 Å². The zero-order valence-corrected chi connectivity index (χ0v) is 18.5. The van der Waals surface area contributed by atoms with E-state index in [0.717, 1.165) is 56.8 Å². The Balaban J connectivity index is 0.000000181. The molecule has 2 saturated heterocycles. The van der Waals surface area contributed by atoms with Crippen LogP contribution in [-0.2, 0) is 0 Å². The molecule has 0 atom stereocenters. The highest BCUT2D eigenvalue weighted by Crippen LogP contribution is 2.19. The van der Waals surface area contributed by atoms with Gasteiger partial charge in [0.1, 0.15) is 5.82 Å². The van der Waals surface area contributed by atoms with Gasteiger partial charge in [0.05, 0.1) is 5.56 Å². The van der Waals surface area contributed by atoms with E-state index in [-0.39, 0.29) is 5.56 Å². The summed E-state index contributed by atoms with van der Waals surface area (Å²) in [5, 5.41) is 3.27. The summed E-state index contributed by atoms with van der Waals surface area (Å²) in [6.07, 6.45) is 1.43. The standard InChI is InChI=1S/C12H16N2O.C7H5FO.C5H12N2/c1-13-6-8-14(9-7-13)12-5-3-2-4-11(12)10-15;8-7-4-2-1-3-6(7)5-9;1-7-4-2-6-3-5-7/h2-5,10H,6-9H2,1H3;1-5H;6H,2-5H2,1H3. The molecule has 4 rings (SSSR count). The molecule has 2 aliphatic rings. The minimum atomic E-state index is -0.465. The maximum atomic E-state index is 12.4. The van der Waals surface area contributed by atoms with Crippen LogP contribution < -0.4 is 10.2 Å². The van der Waals surface area contributed by atoms with Crippen LogP contribution in [0.25, 0.3) is 0 Å². The molecule has 2 aliphatic heterocycles. The number of anilines is 1. The molecule has 1 N–H and O–H groups in total. The number of hydrogen-bond donors (Lipinski definition) is 1. The van der Waals surface area contributed by atoms with Gasteiger partial charge in [-0.1, -0.05) is 24.3 Å². The highest BCUT2D eigenvalue weighted by Gasteiger charge is 2.16. The molecule has 2 heterocycles. The van der Waals surface area contributed by atoms with Gasteiger partial charge in [0.15, 0.2) is 12.6 Å². The van der Waals surface area contributed by atoms with E-state index < -0.39 is 5.82 Å². The fourth-order valence-electron chi connectivity index (χ4n) is 3.27. The molecule has 2 aromatic carbocycles. The van der Waals surface area contributed by atoms with Crippen LogP contribution in [0, 0.1) is 5.82 Å². The van der Waals surface area contributed by atoms with Crippen molar-refractivity contribution in [2.24, 2.45) is 0 Å². The molecule has 7 heteroatoms. The van der Waals surface area contributed by atoms with E-state index in [2.05, 4.69) is 34.1 Å². The molecule has 0 spiro atoms. The molecular weight excluding hydrogens is 395 g/mol. The Kier molecular flexibility index (Phi) is 10.9. The lowest BCUT2D eigenvalue weighted by Gasteiger charge is -2.34. The fourth-order valence-corrected chi connectivity index (χ4v) is 3.27. The summed E-state index contributed by atoms with van der Waals surface area (Å²) in [7, 11) is 4.28. The van der Waals surface area contributed by atoms with Gasteiger partial charge in [0.25, 0.3) is 0 Å². The molecular formula is C24H33FN4O2. The van der Waals surface area contributed by atoms with Crippen LogP contribution in [-0.4, -0.2) is 88.8 Å². The SMILES string of the molecule is CN1CCN(c2ccccc2C=O)CC1.CN1CCNCC1.O=Cc1ccccc1F. The first-order valence-electron chi connectivity index (χ1n) is 10.6. The Morgan fingerprint density at radius 3 is 1.74 bits per heavy atom. The van der Waals surface area contributed by atoms with Crippen molar-refractivity contribution in [1.82, 2.24) is 15.1 Å². The van der Waals surface area contributed by atoms with Crippen molar-refractivity contribution in [3.8, 4) is 0 Å². The zero-order chi connectivity index (χ0) is 22.5. The molecule has 168 valence electrons. The first kappa shape index (κ1) is 24.7. The van der Waals surface area contributed by atoms with Gasteiger partial charge in [-0.05, 0) is 38.4 Å². The number of carbonyl (C=O) groups is 2. The second-order valence-corrected chi connectivity index (χ2v) is 7.66. The summed E-state index contributed by atoms with van der Waals surface area (Å²) >= 11 is 0. The lowest BCUT2D eigenvalue weighted by Crippen LogP contribution is -2.44. The molecule has 2 fully saturated rings. The third-order valence-corrected chi connectivity index (χ3v) is 5.28. The predicted octanol–water partition coefficient (Wildman–Crippen LogP) is 2.41. The van der Waals surface area contributed by atoms with E-state index in [1.54, 1.807) is 12.1 Å². The molecule has 31 heavy (non-hydrogen) atoms. The summed E-state index contributed by atoms with van der Waals surface area (Å²) < 4.78 is 12.4. The minimum absolute atomic E-state index is 0.109. The molecule has 2 aromatic rings. The Morgan fingerprint density at radius 2 is 1.26 bits per heavy atom. The van der Waals surface area contributed by atoms with Gasteiger partial charge in [-0.2, -0.15) is 0 Å². The van der Waals surface area contributed by atoms with E-state index in [1.807, 2.05) is 24.3 Å². The molecule has 0 aromatic heterocycles. The normalized spacial score (nSPS) is 16.9. The first-order chi connectivity index (χ1) is 15.0. The molecule has 0 bridgehead atoms. The highest BCUT2D eigenvalue weighted by atomic mass is 19.1. The summed E-state index contributed by atoms with van der Waals surface area (Å²) in [6.45, 7) is 8.87. The van der Waals surface area contributed by atoms with Gasteiger partial charge in [0, 0.05) is 63.6 Å². The topological polar surface area (TPSA) is 55.9 Å². The third kappa shape index (κ3) is 8.57. The van der Waals surface area contributed by atoms with E-state index in [1.165, 1.54) is 25.2 Å². The van der Waals surface area contributed by atoms with Crippen molar-refractivity contribution >= 4 is 18.3 Å². The van der Waals surface area contributed by atoms with E-state index >= 15 is 0 Å². The van der Waals surface area contributed by atoms with Crippen molar-refractivity contribution in [3.63, 3.8) is 0 Å². The molecule has 6 nitrogen and oxygen atoms in total. The monoisotopic (exact) mass is 428 g/mol. The van der Waals surface area contributed by atoms with Crippen LogP contribution in [0.4, 0.5) is 10.1 Å². The summed E-state index contributed by atoms with van der Waals surface area (Å²) in [5.41, 5.74) is 1.97. The molecule has 0 radical (unpaired) electrons. The fraction of sp³-hybridized carbons (Fsp3) is 0.417. The van der Waals surface area contributed by atoms with Gasteiger partial charge in [-0.25, -0.2) is 4.39 Å². The number of nitrogens with zero attached hydrogens (tertiary/aromatic N) is 3. The maximum absolute atomic E-state index is 12.4. The smallest absolute Gasteiger partial charge is 0.152 e. The van der Waals surface area contributed by atoms with Gasteiger partial charge >= 0.3 is 0 Å². The summed E-state index contributed by atoms with van der Waals surface area (Å²) in [5.74, 6) is -0.465. The summed E-state index contributed by atoms with van der Waals surface area (Å²) in [6, 6.07) is 13.6. The molecule has 0 aliphatic carbocycles. The highest BCUT2D eigenvalue weighted by molar-refractivity contribution is 5.84. The quantitative estimate of drug-likeness (QED) is 0.758. The number of nitrogens with one attached hydrogen (secondary N) is 1. The van der Waals surface area contributed by atoms with Crippen molar-refractivity contribution < 1.29 is 14.0 Å². The third-order valence-electron chi connectivity index (χ3n) is 5.28. The van der Waals surface area contributed by atoms with Crippen molar-refractivity contribution in [2.75, 3.05) is 71.4 Å². The van der Waals surface area contributed by atoms with Crippen molar-refractivity contribution in [1.29, 1.82) is 0 Å². The van der Waals surface area contributed by atoms with Crippen LogP contribution in [0.5, 0.6) is 0 Å². The van der Waals surface area contributed by atoms with Gasteiger partial charge < -0.3 is 20.0 Å². The lowest BCUT2D eigenvalue weighted by atomic mass is 10.1. The second kappa shape index (κ2) is 13.6. The molecule has 0 amide bonds. The Bertz CT molecular complexity index is 804. The second-order valence-electron chi connectivity index (χ2n) is 7.66. The van der Waals surface area contributed by atoms with Crippen molar-refractivity contribution in [3.05, 3.63) is 65.5 Å². The number of hydrogen-bond acceptors (Lipinski definition) is 6. The molecule has 0 saturated carbocycles. The molecule has 0 unspecified atom stereocenters. The number of halogens is 1. The van der Waals surface area contributed by atoms with Crippen molar-refractivity contribution in [2.45, 2.75) is 0 Å². The number of benzene rings is 2. The maximum Gasteiger partial charge on any atom is 0.152 e. The number of rotatable bonds is 3. The Labute approximate surface area is 184 Å². The average molecular weight is 429 g/mol. The van der Waals surface area contributed by atoms with Gasteiger partial charge in [0.2, 0.25) is 0 Å². The van der Waals surface area contributed by atoms with Crippen LogP contribution >= 0.6 is 0 Å². The van der Waals surface area contributed by atoms with Crippen LogP contribution in [0.15, 0.2) is 48.5 Å².